The van der Waals surface area contributed by atoms with E-state index in [1.54, 1.807) is 62.5 Å². The van der Waals surface area contributed by atoms with Gasteiger partial charge in [0.2, 0.25) is 23.6 Å². The first-order valence-electron chi connectivity index (χ1n) is 27.7. The standard InChI is InChI=1S/C58H79N13O10/c1-7-27-70(28-8-2)56(78)41-32-38(6)46(66-47(59)34-41)33-40(9-3)53(75)64-44-20-21-48(62-35-44)69-30-24-43(25-31-69)65-58(80)81-36-39-16-18-42(19-17-39)63-54(76)45(14-13-26-61-57(60)79)67-55(77)52(37(4)5)68-49(72)15-11-10-12-29-71-50(73)22-23-51(71)74/h9,16-23,32-33,35,37,43,45,52H,3,7-8,10-15,24-31,34,36H2,1-2,4-6H3,(H2,59,66)(H,63,76)(H,64,75)(H,65,80)(H,67,77)(H,68,72)(H3,60,61,79)/b40-33+/t45-,52-/m0/s1. The molecule has 436 valence electrons. The van der Waals surface area contributed by atoms with Gasteiger partial charge in [-0.25, -0.2) is 19.6 Å². The van der Waals surface area contributed by atoms with Crippen molar-refractivity contribution in [2.75, 3.05) is 54.8 Å². The van der Waals surface area contributed by atoms with Gasteiger partial charge in [-0.2, -0.15) is 0 Å². The third-order valence-electron chi connectivity index (χ3n) is 13.5. The van der Waals surface area contributed by atoms with E-state index in [2.05, 4.69) is 53.4 Å². The number of imide groups is 1. The molecule has 2 aromatic rings. The normalized spacial score (nSPS) is 15.5. The van der Waals surface area contributed by atoms with E-state index < -0.39 is 41.9 Å². The Bertz CT molecular complexity index is 2740. The number of benzene rings is 1. The average molecular weight is 1120 g/mol. The Morgan fingerprint density at radius 1 is 0.877 bits per heavy atom. The van der Waals surface area contributed by atoms with Gasteiger partial charge in [0.25, 0.3) is 17.7 Å². The number of nitrogens with two attached hydrogens (primary N) is 2. The van der Waals surface area contributed by atoms with Crippen molar-refractivity contribution < 1.29 is 47.9 Å². The van der Waals surface area contributed by atoms with E-state index in [0.717, 1.165) is 17.7 Å². The highest BCUT2D eigenvalue weighted by Crippen LogP contribution is 2.24. The fraction of sp³-hybridized carbons (Fsp3) is 0.466. The van der Waals surface area contributed by atoms with Crippen LogP contribution < -0.4 is 48.3 Å². The lowest BCUT2D eigenvalue weighted by molar-refractivity contribution is -0.137. The maximum atomic E-state index is 13.6. The van der Waals surface area contributed by atoms with Crippen molar-refractivity contribution in [3.05, 3.63) is 108 Å². The zero-order chi connectivity index (χ0) is 59.0. The highest BCUT2D eigenvalue weighted by Gasteiger charge is 2.30. The third kappa shape index (κ3) is 20.2. The second kappa shape index (κ2) is 31.8. The summed E-state index contributed by atoms with van der Waals surface area (Å²) < 4.78 is 5.53. The third-order valence-corrected chi connectivity index (χ3v) is 13.5. The predicted molar refractivity (Wildman–Crippen MR) is 309 cm³/mol. The van der Waals surface area contributed by atoms with E-state index in [4.69, 9.17) is 16.2 Å². The number of amides is 10. The van der Waals surface area contributed by atoms with Crippen molar-refractivity contribution in [3.63, 3.8) is 0 Å². The molecule has 23 heteroatoms. The van der Waals surface area contributed by atoms with Crippen LogP contribution in [0.2, 0.25) is 0 Å². The largest absolute Gasteiger partial charge is 0.445 e. The van der Waals surface area contributed by atoms with Crippen LogP contribution >= 0.6 is 0 Å². The number of pyridine rings is 1. The topological polar surface area (TPSA) is 322 Å². The number of amidine groups is 1. The van der Waals surface area contributed by atoms with Gasteiger partial charge < -0.3 is 57.9 Å². The Morgan fingerprint density at radius 2 is 1.56 bits per heavy atom. The van der Waals surface area contributed by atoms with Crippen LogP contribution in [0.15, 0.2) is 107 Å². The quantitative estimate of drug-likeness (QED) is 0.0227. The summed E-state index contributed by atoms with van der Waals surface area (Å²) in [6.45, 7) is 16.1. The van der Waals surface area contributed by atoms with Gasteiger partial charge in [-0.1, -0.05) is 58.9 Å². The number of carbonyl (C=O) groups excluding carboxylic acids is 9. The molecule has 0 bridgehead atoms. The van der Waals surface area contributed by atoms with E-state index in [0.29, 0.717) is 104 Å². The number of alkyl carbamates (subject to hydrolysis) is 1. The molecule has 1 aromatic heterocycles. The highest BCUT2D eigenvalue weighted by atomic mass is 16.5. The van der Waals surface area contributed by atoms with Gasteiger partial charge in [0.05, 0.1) is 17.6 Å². The molecule has 4 heterocycles. The molecule has 1 fully saturated rings. The molecule has 0 unspecified atom stereocenters. The van der Waals surface area contributed by atoms with Gasteiger partial charge in [0, 0.05) is 87.1 Å². The molecule has 0 spiro atoms. The first kappa shape index (κ1) is 63.2. The summed E-state index contributed by atoms with van der Waals surface area (Å²) >= 11 is 0. The van der Waals surface area contributed by atoms with Crippen LogP contribution in [0.1, 0.15) is 111 Å². The molecule has 10 amide bonds. The maximum Gasteiger partial charge on any atom is 0.407 e. The number of urea groups is 1. The van der Waals surface area contributed by atoms with Crippen molar-refractivity contribution in [3.8, 4) is 0 Å². The second-order valence-corrected chi connectivity index (χ2v) is 20.4. The molecule has 10 N–H and O–H groups in total. The molecule has 2 atom stereocenters. The summed E-state index contributed by atoms with van der Waals surface area (Å²) in [6.07, 6.45) is 13.5. The molecule has 1 aromatic carbocycles. The lowest BCUT2D eigenvalue weighted by atomic mass is 10.0. The minimum Gasteiger partial charge on any atom is -0.445 e. The number of nitrogens with zero attached hydrogens (tertiary/aromatic N) is 5. The van der Waals surface area contributed by atoms with Crippen LogP contribution in [0.4, 0.5) is 26.8 Å². The number of anilines is 3. The number of hydrogen-bond acceptors (Lipinski definition) is 14. The number of carbonyl (C=O) groups is 9. The van der Waals surface area contributed by atoms with Gasteiger partial charge in [0.1, 0.15) is 30.3 Å². The fourth-order valence-corrected chi connectivity index (χ4v) is 9.16. The Balaban J connectivity index is 1.06. The van der Waals surface area contributed by atoms with Crippen LogP contribution in [-0.2, 0) is 44.9 Å². The smallest absolute Gasteiger partial charge is 0.407 e. The molecular weight excluding hydrogens is 1040 g/mol. The van der Waals surface area contributed by atoms with E-state index >= 15 is 0 Å². The van der Waals surface area contributed by atoms with Crippen LogP contribution in [0.25, 0.3) is 0 Å². The number of primary amides is 1. The van der Waals surface area contributed by atoms with Crippen molar-refractivity contribution >= 4 is 76.5 Å². The summed E-state index contributed by atoms with van der Waals surface area (Å²) in [4.78, 5) is 129. The molecular formula is C58H79N13O10. The average Bonchev–Trinajstić information content (AvgIpc) is 3.80. The number of allylic oxidation sites excluding steroid dienone is 3. The van der Waals surface area contributed by atoms with Crippen molar-refractivity contribution in [1.82, 2.24) is 36.1 Å². The van der Waals surface area contributed by atoms with Crippen LogP contribution in [-0.4, -0.2) is 131 Å². The number of nitrogens with one attached hydrogen (secondary N) is 6. The Morgan fingerprint density at radius 3 is 2.17 bits per heavy atom. The van der Waals surface area contributed by atoms with Gasteiger partial charge >= 0.3 is 12.1 Å². The van der Waals surface area contributed by atoms with Crippen LogP contribution in [0, 0.1) is 5.92 Å². The highest BCUT2D eigenvalue weighted by molar-refractivity contribution is 6.13. The number of piperidine rings is 1. The van der Waals surface area contributed by atoms with Crippen molar-refractivity contribution in [1.29, 1.82) is 0 Å². The molecule has 3 aliphatic rings. The zero-order valence-corrected chi connectivity index (χ0v) is 47.1. The minimum atomic E-state index is -1.05. The molecule has 5 rings (SSSR count). The first-order chi connectivity index (χ1) is 38.8. The van der Waals surface area contributed by atoms with Crippen LogP contribution in [0.5, 0.6) is 0 Å². The van der Waals surface area contributed by atoms with Crippen molar-refractivity contribution in [2.45, 2.75) is 130 Å². The summed E-state index contributed by atoms with van der Waals surface area (Å²) in [5.41, 5.74) is 14.9. The number of hydrogen-bond donors (Lipinski definition) is 8. The Labute approximate surface area is 473 Å². The monoisotopic (exact) mass is 1120 g/mol. The number of aliphatic imine (C=N–C) groups is 1. The number of ether oxygens (including phenoxy) is 1. The SMILES string of the molecule is C=C/C(=C\C1=C(C)C=C(C(=O)N(CCC)CCC)CC(N)=N1)C(=O)Nc1ccc(N2CCC(NC(=O)OCc3ccc(NC(=O)[C@H](CCCNC(N)=O)NC(=O)[C@@H](NC(=O)CCCCCN4C(=O)C=CC4=O)C(C)C)cc3)CC2)nc1. The molecule has 81 heavy (non-hydrogen) atoms. The van der Waals surface area contributed by atoms with E-state index in [1.807, 2.05) is 31.7 Å². The summed E-state index contributed by atoms with van der Waals surface area (Å²) in [5, 5.41) is 16.6. The molecule has 3 aliphatic heterocycles. The van der Waals surface area contributed by atoms with Crippen LogP contribution in [0.3, 0.4) is 0 Å². The van der Waals surface area contributed by atoms with Crippen molar-refractivity contribution in [2.24, 2.45) is 22.4 Å². The predicted octanol–water partition coefficient (Wildman–Crippen LogP) is 5.14. The number of rotatable bonds is 29. The lowest BCUT2D eigenvalue weighted by Gasteiger charge is -2.33. The lowest BCUT2D eigenvalue weighted by Crippen LogP contribution is -2.54. The van der Waals surface area contributed by atoms with E-state index in [9.17, 15) is 43.2 Å². The van der Waals surface area contributed by atoms with Gasteiger partial charge in [-0.3, -0.25) is 38.5 Å². The van der Waals surface area contributed by atoms with E-state index in [-0.39, 0.29) is 86.0 Å². The number of aromatic nitrogens is 1. The second-order valence-electron chi connectivity index (χ2n) is 20.4. The first-order valence-corrected chi connectivity index (χ1v) is 27.7. The summed E-state index contributed by atoms with van der Waals surface area (Å²) in [7, 11) is 0. The zero-order valence-electron chi connectivity index (χ0n) is 47.1. The fourth-order valence-electron chi connectivity index (χ4n) is 9.16. The van der Waals surface area contributed by atoms with Gasteiger partial charge in [0.15, 0.2) is 0 Å². The number of unbranched alkanes of at least 4 members (excludes halogenated alkanes) is 2. The minimum absolute atomic E-state index is 0.0419. The maximum absolute atomic E-state index is 13.6. The Kier molecular flexibility index (Phi) is 24.8. The molecule has 23 nitrogen and oxygen atoms in total. The molecule has 0 saturated carbocycles. The summed E-state index contributed by atoms with van der Waals surface area (Å²) in [5.74, 6) is -2.05. The van der Waals surface area contributed by atoms with Gasteiger partial charge in [-0.15, -0.1) is 0 Å². The molecule has 1 saturated heterocycles. The Hall–Kier alpha value is -8.63. The molecule has 0 radical (unpaired) electrons. The summed E-state index contributed by atoms with van der Waals surface area (Å²) in [6, 6.07) is 7.33. The van der Waals surface area contributed by atoms with Gasteiger partial charge in [-0.05, 0) is 112 Å². The van der Waals surface area contributed by atoms with E-state index in [1.165, 1.54) is 18.2 Å². The molecule has 0 aliphatic carbocycles.